The van der Waals surface area contributed by atoms with Crippen molar-refractivity contribution in [2.75, 3.05) is 0 Å². The van der Waals surface area contributed by atoms with Crippen LogP contribution in [0.2, 0.25) is 0 Å². The number of benzene rings is 6. The van der Waals surface area contributed by atoms with Crippen molar-refractivity contribution < 1.29 is 22.4 Å². The average Bonchev–Trinajstić information content (AvgIpc) is 3.01. The molecule has 0 atom stereocenters. The minimum absolute atomic E-state index is 0. The Kier molecular flexibility index (Phi) is 11.6. The summed E-state index contributed by atoms with van der Waals surface area (Å²) in [5.74, 6) is 0. The summed E-state index contributed by atoms with van der Waals surface area (Å²) in [6.45, 7) is 0. The van der Waals surface area contributed by atoms with Crippen molar-refractivity contribution in [1.29, 1.82) is 0 Å². The topological polar surface area (TPSA) is 0 Å². The Morgan fingerprint density at radius 2 is 0.487 bits per heavy atom. The van der Waals surface area contributed by atoms with Gasteiger partial charge in [-0.1, -0.05) is 91.0 Å². The molecular formula is C36H30AgGeP. The minimum Gasteiger partial charge on any atom is -0.0622 e. The van der Waals surface area contributed by atoms with E-state index in [1.807, 2.05) is 0 Å². The Balaban J connectivity index is 0.000000176. The first kappa shape index (κ1) is 29.0. The predicted molar refractivity (Wildman–Crippen MR) is 169 cm³/mol. The molecule has 0 aliphatic heterocycles. The second-order valence-corrected chi connectivity index (χ2v) is 16.2. The summed E-state index contributed by atoms with van der Waals surface area (Å²) in [5, 5.41) is 4.19. The molecule has 0 aliphatic carbocycles. The molecule has 0 bridgehead atoms. The van der Waals surface area contributed by atoms with Crippen molar-refractivity contribution in [2.24, 2.45) is 0 Å². The first-order valence-electron chi connectivity index (χ1n) is 12.9. The van der Waals surface area contributed by atoms with Crippen LogP contribution < -0.4 is 29.1 Å². The van der Waals surface area contributed by atoms with Crippen molar-refractivity contribution in [1.82, 2.24) is 0 Å². The van der Waals surface area contributed by atoms with Crippen LogP contribution in [0.1, 0.15) is 0 Å². The van der Waals surface area contributed by atoms with Crippen LogP contribution >= 0.6 is 7.92 Å². The van der Waals surface area contributed by atoms with Crippen LogP contribution in [0.15, 0.2) is 182 Å². The summed E-state index contributed by atoms with van der Waals surface area (Å²) in [5.41, 5.74) is 0. The molecule has 0 aromatic heterocycles. The molecule has 0 N–H and O–H groups in total. The molecule has 39 heavy (non-hydrogen) atoms. The van der Waals surface area contributed by atoms with Gasteiger partial charge in [0.05, 0.1) is 0 Å². The fourth-order valence-corrected chi connectivity index (χ4v) is 12.2. The van der Waals surface area contributed by atoms with E-state index in [-0.39, 0.29) is 22.4 Å². The second-order valence-electron chi connectivity index (χ2n) is 8.82. The van der Waals surface area contributed by atoms with Gasteiger partial charge < -0.3 is 0 Å². The van der Waals surface area contributed by atoms with Gasteiger partial charge in [0.2, 0.25) is 0 Å². The Hall–Kier alpha value is -2.97. The fraction of sp³-hybridized carbons (Fsp3) is 0. The van der Waals surface area contributed by atoms with Crippen LogP contribution in [0, 0.1) is 0 Å². The van der Waals surface area contributed by atoms with E-state index in [9.17, 15) is 0 Å². The molecule has 6 aromatic rings. The maximum atomic E-state index is 2.27. The summed E-state index contributed by atoms with van der Waals surface area (Å²) in [4.78, 5) is 0. The van der Waals surface area contributed by atoms with Crippen molar-refractivity contribution in [3.63, 3.8) is 0 Å². The zero-order chi connectivity index (χ0) is 25.8. The molecule has 0 amide bonds. The van der Waals surface area contributed by atoms with E-state index in [1.165, 1.54) is 29.1 Å². The predicted octanol–water partition coefficient (Wildman–Crippen LogP) is 5.65. The van der Waals surface area contributed by atoms with Gasteiger partial charge in [0.15, 0.2) is 0 Å². The van der Waals surface area contributed by atoms with Crippen LogP contribution in [-0.2, 0) is 22.4 Å². The van der Waals surface area contributed by atoms with E-state index >= 15 is 0 Å². The van der Waals surface area contributed by atoms with Gasteiger partial charge in [-0.15, -0.1) is 0 Å². The van der Waals surface area contributed by atoms with Crippen molar-refractivity contribution in [3.8, 4) is 0 Å². The van der Waals surface area contributed by atoms with Gasteiger partial charge >= 0.3 is 119 Å². The van der Waals surface area contributed by atoms with E-state index < -0.39 is 22.3 Å². The molecule has 0 aliphatic rings. The van der Waals surface area contributed by atoms with Gasteiger partial charge in [0, 0.05) is 22.4 Å². The quantitative estimate of drug-likeness (QED) is 0.159. The molecule has 0 saturated heterocycles. The van der Waals surface area contributed by atoms with Gasteiger partial charge in [0.1, 0.15) is 0 Å². The average molecular weight is 674 g/mol. The molecule has 0 unspecified atom stereocenters. The maximum Gasteiger partial charge on any atom is -0.0134 e. The maximum absolute atomic E-state index is 2.27. The van der Waals surface area contributed by atoms with Gasteiger partial charge in [-0.2, -0.15) is 0 Å². The largest absolute Gasteiger partial charge is 0.0622 e. The third-order valence-corrected chi connectivity index (χ3v) is 14.4. The summed E-state index contributed by atoms with van der Waals surface area (Å²) in [7, 11) is -0.446. The number of hydrogen-bond acceptors (Lipinski definition) is 0. The standard InChI is InChI=1S/C18H15Ge.C18H15P.Ag/c2*1-4-10-16(11-5-1)19(17-12-6-2-7-13-17)18-14-8-3-9-15-18;/h2*1-15H;. The fourth-order valence-electron chi connectivity index (χ4n) is 4.49. The van der Waals surface area contributed by atoms with E-state index in [2.05, 4.69) is 182 Å². The van der Waals surface area contributed by atoms with Crippen LogP contribution in [0.4, 0.5) is 0 Å². The van der Waals surface area contributed by atoms with Crippen molar-refractivity contribution in [2.45, 2.75) is 0 Å². The molecule has 0 spiro atoms. The normalized spacial score (nSPS) is 10.3. The van der Waals surface area contributed by atoms with Gasteiger partial charge in [-0.25, -0.2) is 0 Å². The SMILES string of the molecule is [Ag].c1cc[c]([Ge]([c]2ccccc2)[c]2ccccc2)cc1.c1ccc(P(c2ccccc2)c2ccccc2)cc1. The first-order valence-corrected chi connectivity index (χ1v) is 17.4. The molecule has 0 nitrogen and oxygen atoms in total. The second kappa shape index (κ2) is 15.6. The van der Waals surface area contributed by atoms with Crippen molar-refractivity contribution >= 4 is 51.4 Å². The third kappa shape index (κ3) is 8.02. The molecular weight excluding hydrogens is 644 g/mol. The van der Waals surface area contributed by atoms with E-state index in [0.29, 0.717) is 0 Å². The molecule has 0 heterocycles. The van der Waals surface area contributed by atoms with Crippen LogP contribution in [0.3, 0.4) is 0 Å². The summed E-state index contributed by atoms with van der Waals surface area (Å²) in [6, 6.07) is 65.1. The van der Waals surface area contributed by atoms with Gasteiger partial charge in [-0.05, 0) is 23.8 Å². The Morgan fingerprint density at radius 1 is 0.282 bits per heavy atom. The zero-order valence-electron chi connectivity index (χ0n) is 21.6. The van der Waals surface area contributed by atoms with E-state index in [4.69, 9.17) is 0 Å². The summed E-state index contributed by atoms with van der Waals surface area (Å²) >= 11 is -1.63. The molecule has 2 radical (unpaired) electrons. The Bertz CT molecular complexity index is 1170. The van der Waals surface area contributed by atoms with E-state index in [1.54, 1.807) is 0 Å². The summed E-state index contributed by atoms with van der Waals surface area (Å²) < 4.78 is 4.50. The van der Waals surface area contributed by atoms with Crippen LogP contribution in [0.25, 0.3) is 0 Å². The molecule has 0 fully saturated rings. The third-order valence-electron chi connectivity index (χ3n) is 6.23. The zero-order valence-corrected chi connectivity index (χ0v) is 26.0. The van der Waals surface area contributed by atoms with Gasteiger partial charge in [0.25, 0.3) is 0 Å². The van der Waals surface area contributed by atoms with Crippen LogP contribution in [0.5, 0.6) is 0 Å². The monoisotopic (exact) mass is 674 g/mol. The molecule has 194 valence electrons. The Labute approximate surface area is 254 Å². The van der Waals surface area contributed by atoms with Gasteiger partial charge in [-0.3, -0.25) is 0 Å². The van der Waals surface area contributed by atoms with E-state index in [0.717, 1.165) is 0 Å². The molecule has 6 aromatic carbocycles. The molecule has 0 saturated carbocycles. The number of hydrogen-bond donors (Lipinski definition) is 0. The molecule has 3 heteroatoms. The Morgan fingerprint density at radius 3 is 0.718 bits per heavy atom. The first-order chi connectivity index (χ1) is 18.9. The molecule has 6 rings (SSSR count). The number of rotatable bonds is 6. The minimum atomic E-state index is -1.63. The van der Waals surface area contributed by atoms with Crippen LogP contribution in [-0.4, -0.2) is 14.3 Å². The smallest absolute Gasteiger partial charge is 0.0134 e. The summed E-state index contributed by atoms with van der Waals surface area (Å²) in [6.07, 6.45) is 0. The van der Waals surface area contributed by atoms with Crippen molar-refractivity contribution in [3.05, 3.63) is 182 Å².